The van der Waals surface area contributed by atoms with Crippen LogP contribution in [0.1, 0.15) is 23.6 Å². The van der Waals surface area contributed by atoms with Crippen molar-refractivity contribution in [3.63, 3.8) is 0 Å². The number of carbonyl (C=O) groups is 1. The number of hydrogen-bond acceptors (Lipinski definition) is 7. The Kier molecular flexibility index (Phi) is 5.63. The molecule has 0 spiro atoms. The van der Waals surface area contributed by atoms with Gasteiger partial charge in [0.15, 0.2) is 11.2 Å². The van der Waals surface area contributed by atoms with Gasteiger partial charge in [0, 0.05) is 36.4 Å². The number of thiazole rings is 1. The molecule has 3 aromatic rings. The minimum Gasteiger partial charge on any atom is -0.355 e. The first kappa shape index (κ1) is 19.9. The van der Waals surface area contributed by atoms with Gasteiger partial charge in [0.05, 0.1) is 22.6 Å². The number of para-hydroxylation sites is 1. The molecule has 1 aromatic carbocycles. The number of nitrogens with zero attached hydrogens (tertiary/aromatic N) is 4. The van der Waals surface area contributed by atoms with E-state index in [1.54, 1.807) is 23.5 Å². The lowest BCUT2D eigenvalue weighted by Crippen LogP contribution is -2.44. The summed E-state index contributed by atoms with van der Waals surface area (Å²) in [6.07, 6.45) is 7.40. The van der Waals surface area contributed by atoms with E-state index < -0.39 is 0 Å². The third-order valence-electron chi connectivity index (χ3n) is 5.37. The van der Waals surface area contributed by atoms with E-state index in [1.165, 1.54) is 11.3 Å². The van der Waals surface area contributed by atoms with E-state index in [0.717, 1.165) is 21.8 Å². The molecule has 4 rings (SSSR count). The van der Waals surface area contributed by atoms with Crippen LogP contribution in [0.4, 0.5) is 11.4 Å². The topological polar surface area (TPSA) is 93.9 Å². The van der Waals surface area contributed by atoms with Crippen LogP contribution in [-0.2, 0) is 0 Å². The number of aromatic nitrogens is 2. The fraction of sp³-hybridized carbons (Fsp3) is 0.273. The zero-order valence-corrected chi connectivity index (χ0v) is 17.6. The Morgan fingerprint density at radius 2 is 2.03 bits per heavy atom. The van der Waals surface area contributed by atoms with Crippen LogP contribution >= 0.6 is 11.3 Å². The molecule has 3 heterocycles. The van der Waals surface area contributed by atoms with Gasteiger partial charge in [0.2, 0.25) is 0 Å². The van der Waals surface area contributed by atoms with Gasteiger partial charge in [0.1, 0.15) is 0 Å². The lowest BCUT2D eigenvalue weighted by molar-refractivity contribution is 0.0923. The summed E-state index contributed by atoms with van der Waals surface area (Å²) in [4.78, 5) is 24.0. The molecule has 7 nitrogen and oxygen atoms in total. The van der Waals surface area contributed by atoms with Crippen LogP contribution in [-0.4, -0.2) is 39.4 Å². The molecule has 0 aliphatic carbocycles. The van der Waals surface area contributed by atoms with Gasteiger partial charge < -0.3 is 15.5 Å². The van der Waals surface area contributed by atoms with Crippen molar-refractivity contribution in [2.75, 3.05) is 11.9 Å². The minimum absolute atomic E-state index is 0.0339. The van der Waals surface area contributed by atoms with Crippen LogP contribution in [0, 0.1) is 17.4 Å². The van der Waals surface area contributed by atoms with Crippen molar-refractivity contribution in [2.24, 2.45) is 5.92 Å². The summed E-state index contributed by atoms with van der Waals surface area (Å²) in [5.41, 5.74) is 2.75. The maximum absolute atomic E-state index is 12.8. The van der Waals surface area contributed by atoms with Crippen LogP contribution in [0.5, 0.6) is 0 Å². The molecule has 2 N–H and O–H groups in total. The molecule has 1 amide bonds. The van der Waals surface area contributed by atoms with Gasteiger partial charge in [-0.1, -0.05) is 25.1 Å². The quantitative estimate of drug-likeness (QED) is 0.611. The number of carbonyl (C=O) groups excluding carboxylic acids is 1. The largest absolute Gasteiger partial charge is 0.355 e. The third-order valence-corrected chi connectivity index (χ3v) is 6.40. The van der Waals surface area contributed by atoms with E-state index >= 15 is 0 Å². The molecule has 0 radical (unpaired) electrons. The van der Waals surface area contributed by atoms with Crippen molar-refractivity contribution in [3.8, 4) is 16.6 Å². The van der Waals surface area contributed by atoms with Crippen LogP contribution in [0.25, 0.3) is 10.4 Å². The van der Waals surface area contributed by atoms with E-state index in [9.17, 15) is 10.1 Å². The summed E-state index contributed by atoms with van der Waals surface area (Å²) in [5.74, 6) is -0.0146. The molecule has 152 valence electrons. The number of amides is 1. The second-order valence-corrected chi connectivity index (χ2v) is 8.44. The zero-order valence-electron chi connectivity index (χ0n) is 16.7. The van der Waals surface area contributed by atoms with Crippen LogP contribution in [0.3, 0.4) is 0 Å². The second kappa shape index (κ2) is 8.51. The third kappa shape index (κ3) is 3.98. The Bertz CT molecular complexity index is 1080. The molecule has 1 aliphatic heterocycles. The van der Waals surface area contributed by atoms with Gasteiger partial charge in [-0.15, -0.1) is 11.3 Å². The first-order valence-electron chi connectivity index (χ1n) is 9.76. The lowest BCUT2D eigenvalue weighted by Gasteiger charge is -2.21. The minimum atomic E-state index is -0.212. The normalized spacial score (nSPS) is 20.6. The number of pyridine rings is 1. The number of hydrogen-bond donors (Lipinski definition) is 2. The highest BCUT2D eigenvalue weighted by molar-refractivity contribution is 7.17. The molecule has 3 atom stereocenters. The van der Waals surface area contributed by atoms with Gasteiger partial charge in [0.25, 0.3) is 5.91 Å². The van der Waals surface area contributed by atoms with Gasteiger partial charge in [-0.05, 0) is 31.0 Å². The first-order chi connectivity index (χ1) is 14.6. The maximum atomic E-state index is 12.8. The lowest BCUT2D eigenvalue weighted by atomic mass is 10.0. The molecule has 0 bridgehead atoms. The molecule has 2 aromatic heterocycles. The number of anilines is 2. The Labute approximate surface area is 179 Å². The highest BCUT2D eigenvalue weighted by Crippen LogP contribution is 2.33. The summed E-state index contributed by atoms with van der Waals surface area (Å²) in [7, 11) is 0. The van der Waals surface area contributed by atoms with E-state index in [1.807, 2.05) is 50.2 Å². The van der Waals surface area contributed by atoms with Crippen molar-refractivity contribution >= 4 is 28.6 Å². The number of nitrogens with one attached hydrogen (secondary N) is 2. The zero-order chi connectivity index (χ0) is 21.1. The van der Waals surface area contributed by atoms with Gasteiger partial charge in [-0.25, -0.2) is 4.98 Å². The SMILES string of the molecule is CC1CN(C#N)C(C)[C@@H]1NC(=O)c1ncc(-c2cnccc2Nc2ccccc2)s1. The Morgan fingerprint density at radius 3 is 2.77 bits per heavy atom. The summed E-state index contributed by atoms with van der Waals surface area (Å²) in [5, 5.41) is 16.1. The Morgan fingerprint density at radius 1 is 1.23 bits per heavy atom. The summed E-state index contributed by atoms with van der Waals surface area (Å²) in [6, 6.07) is 11.7. The van der Waals surface area contributed by atoms with Crippen LogP contribution in [0.15, 0.2) is 55.0 Å². The molecule has 2 unspecified atom stereocenters. The summed E-state index contributed by atoms with van der Waals surface area (Å²) >= 11 is 1.33. The standard InChI is InChI=1S/C22H22N6OS/c1-14-12-28(13-23)15(2)20(14)27-21(29)22-25-11-19(30-22)17-10-24-9-8-18(17)26-16-6-4-3-5-7-16/h3-11,14-15,20H,12H2,1-2H3,(H,24,26)(H,27,29)/t14?,15?,20-/m1/s1. The molecular formula is C22H22N6OS. The van der Waals surface area contributed by atoms with E-state index in [0.29, 0.717) is 11.6 Å². The predicted molar refractivity (Wildman–Crippen MR) is 117 cm³/mol. The summed E-state index contributed by atoms with van der Waals surface area (Å²) < 4.78 is 0. The molecule has 1 saturated heterocycles. The molecular weight excluding hydrogens is 396 g/mol. The van der Waals surface area contributed by atoms with Crippen LogP contribution in [0.2, 0.25) is 0 Å². The highest BCUT2D eigenvalue weighted by atomic mass is 32.1. The average molecular weight is 419 g/mol. The van der Waals surface area contributed by atoms with E-state index in [4.69, 9.17) is 0 Å². The van der Waals surface area contributed by atoms with Crippen molar-refractivity contribution in [3.05, 3.63) is 60.0 Å². The Hall–Kier alpha value is -3.44. The molecule has 1 aliphatic rings. The first-order valence-corrected chi connectivity index (χ1v) is 10.6. The van der Waals surface area contributed by atoms with E-state index in [-0.39, 0.29) is 23.9 Å². The van der Waals surface area contributed by atoms with Crippen molar-refractivity contribution in [1.29, 1.82) is 5.26 Å². The molecule has 30 heavy (non-hydrogen) atoms. The fourth-order valence-corrected chi connectivity index (χ4v) is 4.59. The van der Waals surface area contributed by atoms with Gasteiger partial charge >= 0.3 is 0 Å². The van der Waals surface area contributed by atoms with E-state index in [2.05, 4.69) is 26.8 Å². The van der Waals surface area contributed by atoms with Gasteiger partial charge in [-0.3, -0.25) is 9.78 Å². The highest BCUT2D eigenvalue weighted by Gasteiger charge is 2.37. The average Bonchev–Trinajstić information content (AvgIpc) is 3.35. The number of likely N-dealkylation sites (tertiary alicyclic amines) is 1. The van der Waals surface area contributed by atoms with Crippen LogP contribution < -0.4 is 10.6 Å². The molecule has 0 saturated carbocycles. The second-order valence-electron chi connectivity index (χ2n) is 7.41. The molecule has 1 fully saturated rings. The predicted octanol–water partition coefficient (Wildman–Crippen LogP) is 3.87. The maximum Gasteiger partial charge on any atom is 0.280 e. The number of rotatable bonds is 5. The van der Waals surface area contributed by atoms with Crippen molar-refractivity contribution in [1.82, 2.24) is 20.2 Å². The number of nitriles is 1. The smallest absolute Gasteiger partial charge is 0.280 e. The molecule has 8 heteroatoms. The monoisotopic (exact) mass is 418 g/mol. The van der Waals surface area contributed by atoms with Gasteiger partial charge in [-0.2, -0.15) is 5.26 Å². The van der Waals surface area contributed by atoms with Crippen molar-refractivity contribution in [2.45, 2.75) is 25.9 Å². The Balaban J connectivity index is 1.52. The number of benzene rings is 1. The fourth-order valence-electron chi connectivity index (χ4n) is 3.75. The van der Waals surface area contributed by atoms with Crippen molar-refractivity contribution < 1.29 is 4.79 Å². The summed E-state index contributed by atoms with van der Waals surface area (Å²) in [6.45, 7) is 4.65.